The number of rotatable bonds is 7. The number of nitrogens with zero attached hydrogens (tertiary/aromatic N) is 3. The fourth-order valence-corrected chi connectivity index (χ4v) is 3.33. The third-order valence-corrected chi connectivity index (χ3v) is 4.58. The van der Waals surface area contributed by atoms with Crippen LogP contribution in [0.2, 0.25) is 0 Å². The number of H-pyrrole nitrogens is 1. The molecule has 1 N–H and O–H groups in total. The van der Waals surface area contributed by atoms with Crippen molar-refractivity contribution >= 4 is 17.7 Å². The van der Waals surface area contributed by atoms with Gasteiger partial charge in [-0.05, 0) is 26.7 Å². The Morgan fingerprint density at radius 3 is 2.81 bits per heavy atom. The first-order valence-electron chi connectivity index (χ1n) is 7.57. The fourth-order valence-electron chi connectivity index (χ4n) is 2.62. The van der Waals surface area contributed by atoms with Crippen LogP contribution in [-0.2, 0) is 4.79 Å². The van der Waals surface area contributed by atoms with Crippen LogP contribution < -0.4 is 0 Å². The van der Waals surface area contributed by atoms with Crippen molar-refractivity contribution in [2.45, 2.75) is 50.6 Å². The lowest BCUT2D eigenvalue weighted by Crippen LogP contribution is -2.33. The molecule has 116 valence electrons. The number of likely N-dealkylation sites (N-methyl/N-ethyl adjacent to an activating group) is 1. The summed E-state index contributed by atoms with van der Waals surface area (Å²) >= 11 is 1.40. The van der Waals surface area contributed by atoms with E-state index in [2.05, 4.69) is 21.8 Å². The molecule has 0 saturated heterocycles. The summed E-state index contributed by atoms with van der Waals surface area (Å²) in [6.07, 6.45) is 4.94. The molecular weight excluding hydrogens is 284 g/mol. The van der Waals surface area contributed by atoms with Gasteiger partial charge in [-0.25, -0.2) is 4.98 Å². The molecule has 0 radical (unpaired) electrons. The van der Waals surface area contributed by atoms with Gasteiger partial charge in [0.05, 0.1) is 5.75 Å². The highest BCUT2D eigenvalue weighted by Crippen LogP contribution is 2.32. The zero-order chi connectivity index (χ0) is 15.2. The lowest BCUT2D eigenvalue weighted by molar-refractivity contribution is -0.127. The van der Waals surface area contributed by atoms with Crippen LogP contribution in [-0.4, -0.2) is 44.8 Å². The molecular formula is C15H24N4OS. The van der Waals surface area contributed by atoms with Crippen LogP contribution in [0, 0.1) is 0 Å². The molecule has 21 heavy (non-hydrogen) atoms. The summed E-state index contributed by atoms with van der Waals surface area (Å²) in [5.41, 5.74) is 0.997. The van der Waals surface area contributed by atoms with Crippen molar-refractivity contribution in [2.75, 3.05) is 18.8 Å². The average molecular weight is 308 g/mol. The molecule has 0 aromatic carbocycles. The summed E-state index contributed by atoms with van der Waals surface area (Å²) in [5, 5.41) is 7.92. The summed E-state index contributed by atoms with van der Waals surface area (Å²) in [7, 11) is 0. The molecule has 0 atom stereocenters. The Balaban J connectivity index is 1.84. The third kappa shape index (κ3) is 4.59. The van der Waals surface area contributed by atoms with Gasteiger partial charge in [-0.15, -0.1) is 5.10 Å². The van der Waals surface area contributed by atoms with Crippen molar-refractivity contribution in [1.29, 1.82) is 0 Å². The van der Waals surface area contributed by atoms with Gasteiger partial charge in [-0.1, -0.05) is 36.8 Å². The predicted octanol–water partition coefficient (Wildman–Crippen LogP) is 2.98. The Kier molecular flexibility index (Phi) is 5.85. The minimum absolute atomic E-state index is 0.109. The average Bonchev–Trinajstić information content (AvgIpc) is 3.12. The van der Waals surface area contributed by atoms with Gasteiger partial charge in [0.2, 0.25) is 11.1 Å². The number of amides is 1. The van der Waals surface area contributed by atoms with E-state index >= 15 is 0 Å². The van der Waals surface area contributed by atoms with E-state index in [0.717, 1.165) is 11.4 Å². The smallest absolute Gasteiger partial charge is 0.233 e. The van der Waals surface area contributed by atoms with Gasteiger partial charge >= 0.3 is 0 Å². The number of hydrogen-bond donors (Lipinski definition) is 1. The quantitative estimate of drug-likeness (QED) is 0.621. The fraction of sp³-hybridized carbons (Fsp3) is 0.667. The molecule has 2 rings (SSSR count). The minimum Gasteiger partial charge on any atom is -0.338 e. The van der Waals surface area contributed by atoms with Crippen LogP contribution in [0.4, 0.5) is 0 Å². The van der Waals surface area contributed by atoms with E-state index in [4.69, 9.17) is 0 Å². The van der Waals surface area contributed by atoms with Crippen LogP contribution in [0.1, 0.15) is 51.3 Å². The summed E-state index contributed by atoms with van der Waals surface area (Å²) in [6, 6.07) is 0. The van der Waals surface area contributed by atoms with Crippen molar-refractivity contribution in [3.8, 4) is 0 Å². The normalized spacial score (nSPS) is 15.3. The number of hydrogen-bond acceptors (Lipinski definition) is 4. The van der Waals surface area contributed by atoms with Gasteiger partial charge in [0.15, 0.2) is 0 Å². The monoisotopic (exact) mass is 308 g/mol. The maximum absolute atomic E-state index is 12.1. The molecule has 6 heteroatoms. The van der Waals surface area contributed by atoms with E-state index in [-0.39, 0.29) is 5.91 Å². The highest BCUT2D eigenvalue weighted by Gasteiger charge is 2.21. The number of aromatic amines is 1. The van der Waals surface area contributed by atoms with Crippen molar-refractivity contribution in [3.05, 3.63) is 18.0 Å². The molecule has 1 aliphatic carbocycles. The molecule has 0 bridgehead atoms. The van der Waals surface area contributed by atoms with E-state index in [1.54, 1.807) is 4.90 Å². The summed E-state index contributed by atoms with van der Waals surface area (Å²) in [4.78, 5) is 18.5. The molecule has 0 spiro atoms. The van der Waals surface area contributed by atoms with Gasteiger partial charge in [-0.2, -0.15) is 0 Å². The Bertz CT molecular complexity index is 494. The van der Waals surface area contributed by atoms with E-state index in [1.807, 2.05) is 13.8 Å². The number of aromatic nitrogens is 3. The van der Waals surface area contributed by atoms with E-state index in [1.165, 1.54) is 37.4 Å². The second kappa shape index (κ2) is 7.64. The Morgan fingerprint density at radius 2 is 2.19 bits per heavy atom. The molecule has 1 aromatic heterocycles. The molecule has 1 fully saturated rings. The summed E-state index contributed by atoms with van der Waals surface area (Å²) in [6.45, 7) is 9.10. The van der Waals surface area contributed by atoms with Crippen LogP contribution in [0.25, 0.3) is 0 Å². The Hall–Kier alpha value is -1.30. The number of carbonyl (C=O) groups is 1. The molecule has 5 nitrogen and oxygen atoms in total. The second-order valence-corrected chi connectivity index (χ2v) is 6.58. The molecule has 1 heterocycles. The van der Waals surface area contributed by atoms with E-state index in [9.17, 15) is 4.79 Å². The van der Waals surface area contributed by atoms with Gasteiger partial charge in [0.1, 0.15) is 5.82 Å². The van der Waals surface area contributed by atoms with Crippen molar-refractivity contribution in [1.82, 2.24) is 20.1 Å². The summed E-state index contributed by atoms with van der Waals surface area (Å²) < 4.78 is 0. The summed E-state index contributed by atoms with van der Waals surface area (Å²) in [5.74, 6) is 2.00. The minimum atomic E-state index is 0.109. The Morgan fingerprint density at radius 1 is 1.48 bits per heavy atom. The highest BCUT2D eigenvalue weighted by atomic mass is 32.2. The first-order valence-corrected chi connectivity index (χ1v) is 8.56. The van der Waals surface area contributed by atoms with E-state index < -0.39 is 0 Å². The maximum Gasteiger partial charge on any atom is 0.233 e. The maximum atomic E-state index is 12.1. The van der Waals surface area contributed by atoms with Gasteiger partial charge in [-0.3, -0.25) is 9.89 Å². The first-order chi connectivity index (χ1) is 10.1. The van der Waals surface area contributed by atoms with Gasteiger partial charge in [0.25, 0.3) is 0 Å². The standard InChI is InChI=1S/C15H24N4OS/c1-4-19(9-11(2)3)13(20)10-21-15-16-14(17-18-15)12-7-5-6-8-12/h12H,2,4-10H2,1,3H3,(H,16,17,18). The third-order valence-electron chi connectivity index (χ3n) is 3.74. The van der Waals surface area contributed by atoms with Gasteiger partial charge in [0, 0.05) is 19.0 Å². The zero-order valence-corrected chi connectivity index (χ0v) is 13.7. The second-order valence-electron chi connectivity index (χ2n) is 5.64. The molecule has 1 aliphatic rings. The zero-order valence-electron chi connectivity index (χ0n) is 12.9. The SMILES string of the molecule is C=C(C)CN(CC)C(=O)CSc1n[nH]c(C2CCCC2)n1. The van der Waals surface area contributed by atoms with E-state index in [0.29, 0.717) is 29.9 Å². The van der Waals surface area contributed by atoms with Crippen LogP contribution in [0.3, 0.4) is 0 Å². The van der Waals surface area contributed by atoms with Crippen LogP contribution in [0.5, 0.6) is 0 Å². The molecule has 0 aliphatic heterocycles. The predicted molar refractivity (Wildman–Crippen MR) is 85.4 cm³/mol. The van der Waals surface area contributed by atoms with Crippen molar-refractivity contribution in [3.63, 3.8) is 0 Å². The van der Waals surface area contributed by atoms with Crippen molar-refractivity contribution < 1.29 is 4.79 Å². The molecule has 1 saturated carbocycles. The lowest BCUT2D eigenvalue weighted by atomic mass is 10.1. The Labute approximate surface area is 130 Å². The first kappa shape index (κ1) is 16.1. The van der Waals surface area contributed by atoms with Crippen LogP contribution in [0.15, 0.2) is 17.3 Å². The lowest BCUT2D eigenvalue weighted by Gasteiger charge is -2.20. The molecule has 0 unspecified atom stereocenters. The number of nitrogens with one attached hydrogen (secondary N) is 1. The van der Waals surface area contributed by atoms with Crippen molar-refractivity contribution in [2.24, 2.45) is 0 Å². The molecule has 1 aromatic rings. The number of carbonyl (C=O) groups excluding carboxylic acids is 1. The molecule has 1 amide bonds. The topological polar surface area (TPSA) is 61.9 Å². The van der Waals surface area contributed by atoms with Crippen LogP contribution >= 0.6 is 11.8 Å². The largest absolute Gasteiger partial charge is 0.338 e. The number of thioether (sulfide) groups is 1. The highest BCUT2D eigenvalue weighted by molar-refractivity contribution is 7.99. The van der Waals surface area contributed by atoms with Gasteiger partial charge < -0.3 is 4.90 Å².